The number of carbonyl (C=O) groups is 1. The molecule has 2 rings (SSSR count). The van der Waals surface area contributed by atoms with Crippen LogP contribution in [0.2, 0.25) is 0 Å². The van der Waals surface area contributed by atoms with Gasteiger partial charge >= 0.3 is 0 Å². The predicted molar refractivity (Wildman–Crippen MR) is 43.8 cm³/mol. The molecule has 1 heterocycles. The van der Waals surface area contributed by atoms with Crippen molar-refractivity contribution in [2.75, 3.05) is 0 Å². The van der Waals surface area contributed by atoms with Gasteiger partial charge in [-0.15, -0.1) is 5.10 Å². The summed E-state index contributed by atoms with van der Waals surface area (Å²) in [5.41, 5.74) is 5.89. The van der Waals surface area contributed by atoms with Crippen molar-refractivity contribution in [1.82, 2.24) is 14.9 Å². The van der Waals surface area contributed by atoms with Crippen LogP contribution in [-0.4, -0.2) is 27.6 Å². The summed E-state index contributed by atoms with van der Waals surface area (Å²) in [6.45, 7) is 0. The van der Waals surface area contributed by atoms with Gasteiger partial charge < -0.3 is 11.1 Å². The summed E-state index contributed by atoms with van der Waals surface area (Å²) in [6.07, 6.45) is 0.864. The fourth-order valence-corrected chi connectivity index (χ4v) is 1.32. The van der Waals surface area contributed by atoms with E-state index in [0.29, 0.717) is 5.69 Å². The number of nitrogens with one attached hydrogen (secondary N) is 1. The summed E-state index contributed by atoms with van der Waals surface area (Å²) in [5.74, 6) is -0.179. The molecule has 0 saturated heterocycles. The van der Waals surface area contributed by atoms with Crippen molar-refractivity contribution in [2.24, 2.45) is 5.73 Å². The van der Waals surface area contributed by atoms with Crippen LogP contribution in [0.4, 0.5) is 0 Å². The van der Waals surface area contributed by atoms with E-state index >= 15 is 0 Å². The van der Waals surface area contributed by atoms with E-state index in [1.807, 2.05) is 0 Å². The van der Waals surface area contributed by atoms with Crippen LogP contribution in [0.5, 0.6) is 0 Å². The molecule has 12 heavy (non-hydrogen) atoms. The number of hydrogen-bond acceptors (Lipinski definition) is 5. The summed E-state index contributed by atoms with van der Waals surface area (Å²) in [7, 11) is 0. The zero-order valence-corrected chi connectivity index (χ0v) is 7.04. The summed E-state index contributed by atoms with van der Waals surface area (Å²) in [5, 5.41) is 8.00. The van der Waals surface area contributed by atoms with E-state index in [2.05, 4.69) is 14.9 Å². The van der Waals surface area contributed by atoms with Crippen LogP contribution < -0.4 is 11.1 Å². The highest BCUT2D eigenvalue weighted by atomic mass is 32.1. The molecule has 0 aliphatic heterocycles. The van der Waals surface area contributed by atoms with Crippen LogP contribution in [-0.2, 0) is 0 Å². The van der Waals surface area contributed by atoms with Crippen molar-refractivity contribution < 1.29 is 4.79 Å². The van der Waals surface area contributed by atoms with Crippen molar-refractivity contribution in [3.05, 3.63) is 11.1 Å². The summed E-state index contributed by atoms with van der Waals surface area (Å²) in [6, 6.07) is 0.264. The zero-order chi connectivity index (χ0) is 8.55. The Hall–Kier alpha value is -1.01. The van der Waals surface area contributed by atoms with Crippen molar-refractivity contribution in [3.63, 3.8) is 0 Å². The van der Waals surface area contributed by atoms with E-state index < -0.39 is 0 Å². The third kappa shape index (κ3) is 1.44. The molecule has 64 valence electrons. The number of amides is 1. The van der Waals surface area contributed by atoms with Crippen LogP contribution in [0.15, 0.2) is 5.38 Å². The van der Waals surface area contributed by atoms with Crippen molar-refractivity contribution in [3.8, 4) is 0 Å². The van der Waals surface area contributed by atoms with Gasteiger partial charge in [0.25, 0.3) is 5.91 Å². The quantitative estimate of drug-likeness (QED) is 0.641. The first-order valence-corrected chi connectivity index (χ1v) is 4.44. The minimum absolute atomic E-state index is 0.126. The molecule has 2 atom stereocenters. The second-order valence-corrected chi connectivity index (χ2v) is 3.38. The third-order valence-electron chi connectivity index (χ3n) is 1.75. The number of aromatic nitrogens is 2. The molecule has 0 radical (unpaired) electrons. The molecule has 1 aromatic heterocycles. The number of hydrogen-bond donors (Lipinski definition) is 2. The molecule has 0 spiro atoms. The average molecular weight is 184 g/mol. The van der Waals surface area contributed by atoms with E-state index in [1.54, 1.807) is 5.38 Å². The Kier molecular flexibility index (Phi) is 1.78. The molecule has 1 aliphatic rings. The number of rotatable bonds is 2. The van der Waals surface area contributed by atoms with Gasteiger partial charge in [0.05, 0.1) is 0 Å². The molecule has 0 bridgehead atoms. The lowest BCUT2D eigenvalue weighted by Crippen LogP contribution is -2.29. The average Bonchev–Trinajstić information content (AvgIpc) is 2.58. The van der Waals surface area contributed by atoms with Gasteiger partial charge in [0, 0.05) is 17.5 Å². The van der Waals surface area contributed by atoms with Crippen LogP contribution in [0.1, 0.15) is 16.9 Å². The maximum Gasteiger partial charge on any atom is 0.273 e. The number of nitrogens with two attached hydrogens (primary N) is 1. The summed E-state index contributed by atoms with van der Waals surface area (Å²) in [4.78, 5) is 11.2. The van der Waals surface area contributed by atoms with Gasteiger partial charge in [0.15, 0.2) is 5.69 Å². The fourth-order valence-electron chi connectivity index (χ4n) is 0.886. The fraction of sp³-hybridized carbons (Fsp3) is 0.500. The molecule has 1 saturated carbocycles. The van der Waals surface area contributed by atoms with E-state index in [4.69, 9.17) is 5.73 Å². The van der Waals surface area contributed by atoms with Gasteiger partial charge in [0.1, 0.15) is 0 Å². The Bertz CT molecular complexity index is 286. The smallest absolute Gasteiger partial charge is 0.273 e. The molecule has 1 amide bonds. The van der Waals surface area contributed by atoms with Gasteiger partial charge in [-0.05, 0) is 18.0 Å². The molecule has 5 nitrogen and oxygen atoms in total. The van der Waals surface area contributed by atoms with Crippen molar-refractivity contribution in [2.45, 2.75) is 18.5 Å². The van der Waals surface area contributed by atoms with Gasteiger partial charge in [-0.2, -0.15) is 0 Å². The lowest BCUT2D eigenvalue weighted by atomic mass is 10.4. The van der Waals surface area contributed by atoms with Crippen LogP contribution in [0.25, 0.3) is 0 Å². The topological polar surface area (TPSA) is 80.9 Å². The monoisotopic (exact) mass is 184 g/mol. The van der Waals surface area contributed by atoms with E-state index in [1.165, 1.54) is 0 Å². The second kappa shape index (κ2) is 2.80. The standard InChI is InChI=1S/C6H8N4OS/c7-3-1-4(3)8-6(11)5-2-12-10-9-5/h2-4H,1,7H2,(H,8,11). The molecule has 3 N–H and O–H groups in total. The van der Waals surface area contributed by atoms with E-state index in [9.17, 15) is 4.79 Å². The molecule has 6 heteroatoms. The number of nitrogens with zero attached hydrogens (tertiary/aromatic N) is 2. The van der Waals surface area contributed by atoms with Crippen molar-refractivity contribution >= 4 is 17.4 Å². The zero-order valence-electron chi connectivity index (χ0n) is 6.23. The van der Waals surface area contributed by atoms with Gasteiger partial charge in [-0.25, -0.2) is 0 Å². The maximum atomic E-state index is 11.2. The molecule has 1 aromatic rings. The highest BCUT2D eigenvalue weighted by molar-refractivity contribution is 7.03. The molecule has 1 fully saturated rings. The predicted octanol–water partition coefficient (Wildman–Crippen LogP) is -0.633. The Balaban J connectivity index is 1.93. The Labute approximate surface area is 73.1 Å². The SMILES string of the molecule is NC1CC1NC(=O)c1csnn1. The molecular formula is C6H8N4OS. The first-order chi connectivity index (χ1) is 5.77. The Morgan fingerprint density at radius 3 is 3.08 bits per heavy atom. The first kappa shape index (κ1) is 7.63. The Morgan fingerprint density at radius 1 is 1.83 bits per heavy atom. The molecule has 0 aromatic carbocycles. The highest BCUT2D eigenvalue weighted by Crippen LogP contribution is 2.18. The summed E-state index contributed by atoms with van der Waals surface area (Å²) < 4.78 is 3.59. The first-order valence-electron chi connectivity index (χ1n) is 3.61. The van der Waals surface area contributed by atoms with Crippen LogP contribution >= 0.6 is 11.5 Å². The third-order valence-corrected chi connectivity index (χ3v) is 2.25. The van der Waals surface area contributed by atoms with E-state index in [0.717, 1.165) is 18.0 Å². The largest absolute Gasteiger partial charge is 0.346 e. The van der Waals surface area contributed by atoms with Gasteiger partial charge in [0.2, 0.25) is 0 Å². The normalized spacial score (nSPS) is 26.8. The summed E-state index contributed by atoms with van der Waals surface area (Å²) >= 11 is 1.16. The minimum Gasteiger partial charge on any atom is -0.346 e. The Morgan fingerprint density at radius 2 is 2.58 bits per heavy atom. The second-order valence-electron chi connectivity index (χ2n) is 2.77. The van der Waals surface area contributed by atoms with Crippen LogP contribution in [0.3, 0.4) is 0 Å². The molecule has 2 unspecified atom stereocenters. The maximum absolute atomic E-state index is 11.2. The number of carbonyl (C=O) groups excluding carboxylic acids is 1. The van der Waals surface area contributed by atoms with Gasteiger partial charge in [-0.3, -0.25) is 4.79 Å². The van der Waals surface area contributed by atoms with Crippen LogP contribution in [0, 0.1) is 0 Å². The van der Waals surface area contributed by atoms with Gasteiger partial charge in [-0.1, -0.05) is 4.49 Å². The minimum atomic E-state index is -0.179. The molecule has 1 aliphatic carbocycles. The molecular weight excluding hydrogens is 176 g/mol. The lowest BCUT2D eigenvalue weighted by Gasteiger charge is -1.98. The lowest BCUT2D eigenvalue weighted by molar-refractivity contribution is 0.0945. The van der Waals surface area contributed by atoms with Crippen molar-refractivity contribution in [1.29, 1.82) is 0 Å². The van der Waals surface area contributed by atoms with E-state index in [-0.39, 0.29) is 18.0 Å². The highest BCUT2D eigenvalue weighted by Gasteiger charge is 2.35.